The largest absolute Gasteiger partial charge is 0.490 e. The zero-order valence-corrected chi connectivity index (χ0v) is 16.7. The minimum atomic E-state index is -5.08. The average Bonchev–Trinajstić information content (AvgIpc) is 3.19. The zero-order valence-electron chi connectivity index (χ0n) is 16.7. The monoisotopic (exact) mass is 441 g/mol. The van der Waals surface area contributed by atoms with Gasteiger partial charge in [0.25, 0.3) is 0 Å². The third-order valence-corrected chi connectivity index (χ3v) is 4.96. The molecule has 0 spiro atoms. The number of amides is 1. The number of pyridine rings is 1. The van der Waals surface area contributed by atoms with Crippen molar-refractivity contribution in [1.82, 2.24) is 9.88 Å². The zero-order chi connectivity index (χ0) is 23.2. The second-order valence-corrected chi connectivity index (χ2v) is 7.15. The molecule has 2 aromatic rings. The minimum absolute atomic E-state index is 0.123. The van der Waals surface area contributed by atoms with E-state index in [-0.39, 0.29) is 18.4 Å². The van der Waals surface area contributed by atoms with E-state index in [0.29, 0.717) is 13.0 Å². The van der Waals surface area contributed by atoms with Crippen LogP contribution in [-0.4, -0.2) is 58.3 Å². The lowest BCUT2D eigenvalue weighted by atomic mass is 9.91. The first-order valence-corrected chi connectivity index (χ1v) is 9.49. The van der Waals surface area contributed by atoms with Gasteiger partial charge < -0.3 is 15.7 Å². The highest BCUT2D eigenvalue weighted by molar-refractivity contribution is 5.83. The van der Waals surface area contributed by atoms with Crippen molar-refractivity contribution in [1.29, 1.82) is 0 Å². The van der Waals surface area contributed by atoms with Crippen LogP contribution >= 0.6 is 0 Å². The molecule has 0 unspecified atom stereocenters. The van der Waals surface area contributed by atoms with Gasteiger partial charge in [-0.05, 0) is 35.2 Å². The number of halogens is 4. The van der Waals surface area contributed by atoms with E-state index in [4.69, 9.17) is 15.6 Å². The molecule has 2 heterocycles. The number of carbonyl (C=O) groups is 2. The Kier molecular flexibility index (Phi) is 8.09. The number of alkyl halides is 4. The van der Waals surface area contributed by atoms with Crippen molar-refractivity contribution in [2.75, 3.05) is 13.1 Å². The molecule has 10 heteroatoms. The van der Waals surface area contributed by atoms with E-state index in [0.717, 1.165) is 16.7 Å². The van der Waals surface area contributed by atoms with Crippen LogP contribution in [-0.2, 0) is 9.59 Å². The number of likely N-dealkylation sites (tertiary alicyclic amines) is 1. The summed E-state index contributed by atoms with van der Waals surface area (Å²) in [4.78, 5) is 26.9. The van der Waals surface area contributed by atoms with Crippen molar-refractivity contribution in [2.45, 2.75) is 37.7 Å². The first-order chi connectivity index (χ1) is 14.5. The summed E-state index contributed by atoms with van der Waals surface area (Å²) in [5.74, 6) is -3.05. The van der Waals surface area contributed by atoms with Crippen molar-refractivity contribution in [3.8, 4) is 11.1 Å². The van der Waals surface area contributed by atoms with Crippen LogP contribution in [0.4, 0.5) is 17.6 Å². The van der Waals surface area contributed by atoms with Crippen molar-refractivity contribution in [3.63, 3.8) is 0 Å². The smallest absolute Gasteiger partial charge is 0.475 e. The van der Waals surface area contributed by atoms with E-state index in [1.54, 1.807) is 12.4 Å². The fraction of sp³-hybridized carbons (Fsp3) is 0.381. The molecule has 168 valence electrons. The van der Waals surface area contributed by atoms with Gasteiger partial charge in [-0.15, -0.1) is 0 Å². The van der Waals surface area contributed by atoms with E-state index < -0.39 is 24.4 Å². The third-order valence-electron chi connectivity index (χ3n) is 4.96. The Labute approximate surface area is 176 Å². The normalized spacial score (nSPS) is 18.0. The van der Waals surface area contributed by atoms with E-state index in [1.165, 1.54) is 4.90 Å². The fourth-order valence-corrected chi connectivity index (χ4v) is 3.07. The Morgan fingerprint density at radius 2 is 1.65 bits per heavy atom. The van der Waals surface area contributed by atoms with Crippen LogP contribution in [0, 0.1) is 0 Å². The molecule has 1 fully saturated rings. The van der Waals surface area contributed by atoms with Crippen LogP contribution in [0.3, 0.4) is 0 Å². The molecule has 3 rings (SSSR count). The lowest BCUT2D eigenvalue weighted by molar-refractivity contribution is -0.192. The number of aromatic nitrogens is 1. The summed E-state index contributed by atoms with van der Waals surface area (Å²) in [6, 6.07) is 11.3. The van der Waals surface area contributed by atoms with Gasteiger partial charge in [0.2, 0.25) is 5.91 Å². The number of carboxylic acid groups (broad SMARTS) is 1. The molecule has 0 saturated carbocycles. The molecule has 6 nitrogen and oxygen atoms in total. The number of nitrogens with two attached hydrogens (primary N) is 1. The van der Waals surface area contributed by atoms with Crippen LogP contribution in [0.1, 0.15) is 24.8 Å². The van der Waals surface area contributed by atoms with Gasteiger partial charge in [-0.3, -0.25) is 9.78 Å². The van der Waals surface area contributed by atoms with Crippen LogP contribution in [0.25, 0.3) is 11.1 Å². The predicted molar refractivity (Wildman–Crippen MR) is 106 cm³/mol. The summed E-state index contributed by atoms with van der Waals surface area (Å²) in [5, 5.41) is 7.12. The molecule has 3 atom stereocenters. The Morgan fingerprint density at radius 3 is 2.10 bits per heavy atom. The SMILES string of the molecule is C[C@@H](c1ccc(-c2ccncc2)cc1)[C@H](N)C(=O)N1CC[C@H](F)C1.O=C(O)C(F)(F)F. The number of benzene rings is 1. The summed E-state index contributed by atoms with van der Waals surface area (Å²) >= 11 is 0. The second-order valence-electron chi connectivity index (χ2n) is 7.15. The molecule has 1 aliphatic rings. The maximum atomic E-state index is 13.3. The molecule has 1 aliphatic heterocycles. The number of hydrogen-bond acceptors (Lipinski definition) is 4. The molecule has 1 aromatic carbocycles. The highest BCUT2D eigenvalue weighted by atomic mass is 19.4. The summed E-state index contributed by atoms with van der Waals surface area (Å²) in [6.07, 6.45) is -2.08. The van der Waals surface area contributed by atoms with Crippen molar-refractivity contribution >= 4 is 11.9 Å². The van der Waals surface area contributed by atoms with Crippen molar-refractivity contribution in [2.24, 2.45) is 5.73 Å². The predicted octanol–water partition coefficient (Wildman–Crippen LogP) is 3.38. The number of carboxylic acids is 1. The lowest BCUT2D eigenvalue weighted by Gasteiger charge is -2.25. The average molecular weight is 441 g/mol. The van der Waals surface area contributed by atoms with E-state index in [1.807, 2.05) is 43.3 Å². The number of carbonyl (C=O) groups excluding carboxylic acids is 1. The van der Waals surface area contributed by atoms with Gasteiger partial charge in [0, 0.05) is 24.9 Å². The Bertz CT molecular complexity index is 876. The van der Waals surface area contributed by atoms with Gasteiger partial charge >= 0.3 is 12.1 Å². The van der Waals surface area contributed by atoms with E-state index >= 15 is 0 Å². The van der Waals surface area contributed by atoms with Crippen LogP contribution in [0.15, 0.2) is 48.8 Å². The van der Waals surface area contributed by atoms with Gasteiger partial charge in [0.15, 0.2) is 0 Å². The van der Waals surface area contributed by atoms with Crippen molar-refractivity contribution < 1.29 is 32.3 Å². The summed E-state index contributed by atoms with van der Waals surface area (Å²) in [6.45, 7) is 2.56. The quantitative estimate of drug-likeness (QED) is 0.709. The summed E-state index contributed by atoms with van der Waals surface area (Å²) in [5.41, 5.74) is 9.33. The first-order valence-electron chi connectivity index (χ1n) is 9.49. The molecule has 1 amide bonds. The Hall–Kier alpha value is -3.01. The molecule has 31 heavy (non-hydrogen) atoms. The number of nitrogens with zero attached hydrogens (tertiary/aromatic N) is 2. The molecular weight excluding hydrogens is 418 g/mol. The molecule has 1 aromatic heterocycles. The van der Waals surface area contributed by atoms with Gasteiger partial charge in [0.1, 0.15) is 6.17 Å². The van der Waals surface area contributed by atoms with Gasteiger partial charge in [-0.2, -0.15) is 13.2 Å². The maximum absolute atomic E-state index is 13.3. The number of hydrogen-bond donors (Lipinski definition) is 2. The molecule has 3 N–H and O–H groups in total. The van der Waals surface area contributed by atoms with Crippen LogP contribution < -0.4 is 5.73 Å². The lowest BCUT2D eigenvalue weighted by Crippen LogP contribution is -2.45. The standard InChI is InChI=1S/C19H22FN3O.C2HF3O2/c1-13(18(21)19(24)23-11-8-17(20)12-23)14-2-4-15(5-3-14)16-6-9-22-10-7-16;3-2(4,5)1(6)7/h2-7,9-10,13,17-18H,8,11-12,21H2,1H3;(H,6,7)/t13-,17-,18-;/m0./s1. The van der Waals surface area contributed by atoms with Gasteiger partial charge in [-0.25, -0.2) is 9.18 Å². The maximum Gasteiger partial charge on any atom is 0.490 e. The van der Waals surface area contributed by atoms with Crippen LogP contribution in [0.5, 0.6) is 0 Å². The highest BCUT2D eigenvalue weighted by Crippen LogP contribution is 2.25. The fourth-order valence-electron chi connectivity index (χ4n) is 3.07. The first kappa shape index (κ1) is 24.3. The van der Waals surface area contributed by atoms with E-state index in [9.17, 15) is 22.4 Å². The highest BCUT2D eigenvalue weighted by Gasteiger charge is 2.38. The number of rotatable bonds is 4. The molecule has 0 radical (unpaired) electrons. The van der Waals surface area contributed by atoms with Gasteiger partial charge in [-0.1, -0.05) is 31.2 Å². The molecule has 1 saturated heterocycles. The topological polar surface area (TPSA) is 96.5 Å². The molecular formula is C21H23F4N3O3. The molecule has 0 aliphatic carbocycles. The van der Waals surface area contributed by atoms with Crippen molar-refractivity contribution in [3.05, 3.63) is 54.4 Å². The third kappa shape index (κ3) is 6.74. The second kappa shape index (κ2) is 10.3. The summed E-state index contributed by atoms with van der Waals surface area (Å²) < 4.78 is 45.0. The van der Waals surface area contributed by atoms with Gasteiger partial charge in [0.05, 0.1) is 12.6 Å². The summed E-state index contributed by atoms with van der Waals surface area (Å²) in [7, 11) is 0. The number of aliphatic carboxylic acids is 1. The van der Waals surface area contributed by atoms with Crippen LogP contribution in [0.2, 0.25) is 0 Å². The Morgan fingerprint density at radius 1 is 1.13 bits per heavy atom. The Balaban J connectivity index is 0.000000423. The minimum Gasteiger partial charge on any atom is -0.475 e. The molecule has 0 bridgehead atoms. The van der Waals surface area contributed by atoms with E-state index in [2.05, 4.69) is 4.98 Å².